The van der Waals surface area contributed by atoms with E-state index in [1.165, 1.54) is 11.9 Å². The first-order chi connectivity index (χ1) is 11.3. The minimum absolute atomic E-state index is 0.0147. The van der Waals surface area contributed by atoms with Gasteiger partial charge in [0, 0.05) is 25.8 Å². The van der Waals surface area contributed by atoms with Gasteiger partial charge >= 0.3 is 0 Å². The van der Waals surface area contributed by atoms with Crippen molar-refractivity contribution in [2.75, 3.05) is 53.2 Å². The van der Waals surface area contributed by atoms with Crippen LogP contribution in [-0.4, -0.2) is 75.4 Å². The van der Waals surface area contributed by atoms with Crippen molar-refractivity contribution in [1.82, 2.24) is 15.1 Å². The van der Waals surface area contributed by atoms with Gasteiger partial charge in [-0.3, -0.25) is 19.3 Å². The molecule has 0 saturated heterocycles. The average Bonchev–Trinajstić information content (AvgIpc) is 2.54. The molecule has 0 fully saturated rings. The summed E-state index contributed by atoms with van der Waals surface area (Å²) in [4.78, 5) is 38.1. The zero-order valence-corrected chi connectivity index (χ0v) is 14.5. The van der Waals surface area contributed by atoms with Crippen LogP contribution in [0.2, 0.25) is 0 Å². The lowest BCUT2D eigenvalue weighted by atomic mass is 10.3. The predicted molar refractivity (Wildman–Crippen MR) is 90.8 cm³/mol. The molecule has 0 aliphatic carbocycles. The summed E-state index contributed by atoms with van der Waals surface area (Å²) in [7, 11) is 6.27. The van der Waals surface area contributed by atoms with E-state index in [2.05, 4.69) is 10.6 Å². The smallest absolute Gasteiger partial charge is 0.239 e. The SMILES string of the molecule is CNC(=O)CN(C)C(=O)CN(C)CC(=O)Nc1cccc(OC)c1. The largest absolute Gasteiger partial charge is 0.497 e. The van der Waals surface area contributed by atoms with Crippen molar-refractivity contribution in [1.29, 1.82) is 0 Å². The fourth-order valence-corrected chi connectivity index (χ4v) is 1.94. The van der Waals surface area contributed by atoms with E-state index in [-0.39, 0.29) is 37.4 Å². The Morgan fingerprint density at radius 1 is 1.08 bits per heavy atom. The van der Waals surface area contributed by atoms with Crippen LogP contribution in [0, 0.1) is 0 Å². The van der Waals surface area contributed by atoms with Crippen LogP contribution in [0.4, 0.5) is 5.69 Å². The van der Waals surface area contributed by atoms with Crippen LogP contribution >= 0.6 is 0 Å². The van der Waals surface area contributed by atoms with Crippen LogP contribution in [0.3, 0.4) is 0 Å². The third-order valence-corrected chi connectivity index (χ3v) is 3.26. The van der Waals surface area contributed by atoms with Gasteiger partial charge in [-0.1, -0.05) is 6.07 Å². The Bertz CT molecular complexity index is 591. The van der Waals surface area contributed by atoms with Crippen molar-refractivity contribution in [3.05, 3.63) is 24.3 Å². The fraction of sp³-hybridized carbons (Fsp3) is 0.438. The highest BCUT2D eigenvalue weighted by Crippen LogP contribution is 2.16. The number of amides is 3. The van der Waals surface area contributed by atoms with Crippen molar-refractivity contribution >= 4 is 23.4 Å². The zero-order valence-electron chi connectivity index (χ0n) is 14.5. The number of benzene rings is 1. The van der Waals surface area contributed by atoms with Gasteiger partial charge in [0.05, 0.1) is 26.7 Å². The molecule has 132 valence electrons. The normalized spacial score (nSPS) is 10.2. The molecule has 0 aliphatic heterocycles. The van der Waals surface area contributed by atoms with Gasteiger partial charge in [-0.2, -0.15) is 0 Å². The fourth-order valence-electron chi connectivity index (χ4n) is 1.94. The lowest BCUT2D eigenvalue weighted by molar-refractivity contribution is -0.135. The zero-order chi connectivity index (χ0) is 18.1. The Kier molecular flexibility index (Phi) is 7.70. The minimum atomic E-state index is -0.246. The van der Waals surface area contributed by atoms with E-state index in [1.54, 1.807) is 50.4 Å². The first-order valence-electron chi connectivity index (χ1n) is 7.42. The van der Waals surface area contributed by atoms with Gasteiger partial charge in [-0.15, -0.1) is 0 Å². The first-order valence-corrected chi connectivity index (χ1v) is 7.42. The van der Waals surface area contributed by atoms with Gasteiger partial charge in [0.15, 0.2) is 0 Å². The molecule has 1 aromatic carbocycles. The first kappa shape index (κ1) is 19.4. The molecular formula is C16H24N4O4. The van der Waals surface area contributed by atoms with Gasteiger partial charge in [-0.25, -0.2) is 0 Å². The summed E-state index contributed by atoms with van der Waals surface area (Å²) in [6, 6.07) is 7.01. The van der Waals surface area contributed by atoms with Crippen LogP contribution < -0.4 is 15.4 Å². The summed E-state index contributed by atoms with van der Waals surface area (Å²) >= 11 is 0. The highest BCUT2D eigenvalue weighted by atomic mass is 16.5. The molecular weight excluding hydrogens is 312 g/mol. The summed E-state index contributed by atoms with van der Waals surface area (Å²) in [6.07, 6.45) is 0. The van der Waals surface area contributed by atoms with Crippen LogP contribution in [0.1, 0.15) is 0 Å². The molecule has 0 bridgehead atoms. The average molecular weight is 336 g/mol. The molecule has 0 aromatic heterocycles. The van der Waals surface area contributed by atoms with E-state index in [0.29, 0.717) is 11.4 Å². The number of rotatable bonds is 8. The van der Waals surface area contributed by atoms with Crippen molar-refractivity contribution in [2.45, 2.75) is 0 Å². The molecule has 2 N–H and O–H groups in total. The Labute approximate surface area is 141 Å². The number of anilines is 1. The van der Waals surface area contributed by atoms with E-state index >= 15 is 0 Å². The molecule has 8 nitrogen and oxygen atoms in total. The molecule has 0 heterocycles. The van der Waals surface area contributed by atoms with Gasteiger partial charge in [0.2, 0.25) is 17.7 Å². The van der Waals surface area contributed by atoms with E-state index in [4.69, 9.17) is 4.74 Å². The Morgan fingerprint density at radius 2 is 1.79 bits per heavy atom. The molecule has 0 spiro atoms. The number of nitrogens with one attached hydrogen (secondary N) is 2. The number of nitrogens with zero attached hydrogens (tertiary/aromatic N) is 2. The number of carbonyl (C=O) groups excluding carboxylic acids is 3. The lowest BCUT2D eigenvalue weighted by Crippen LogP contribution is -2.43. The minimum Gasteiger partial charge on any atom is -0.497 e. The topological polar surface area (TPSA) is 91.0 Å². The molecule has 0 aliphatic rings. The van der Waals surface area contributed by atoms with Crippen LogP contribution in [0.15, 0.2) is 24.3 Å². The number of carbonyl (C=O) groups is 3. The van der Waals surface area contributed by atoms with E-state index in [1.807, 2.05) is 0 Å². The van der Waals surface area contributed by atoms with Crippen molar-refractivity contribution in [3.8, 4) is 5.75 Å². The number of methoxy groups -OCH3 is 1. The second kappa shape index (κ2) is 9.51. The lowest BCUT2D eigenvalue weighted by Gasteiger charge is -2.21. The number of hydrogen-bond acceptors (Lipinski definition) is 5. The second-order valence-corrected chi connectivity index (χ2v) is 5.38. The summed E-state index contributed by atoms with van der Waals surface area (Å²) in [5.74, 6) is -0.0841. The molecule has 3 amide bonds. The van der Waals surface area contributed by atoms with Gasteiger partial charge in [-0.05, 0) is 19.2 Å². The second-order valence-electron chi connectivity index (χ2n) is 5.38. The Hall–Kier alpha value is -2.61. The number of likely N-dealkylation sites (N-methyl/N-ethyl adjacent to an activating group) is 3. The third kappa shape index (κ3) is 6.66. The third-order valence-electron chi connectivity index (χ3n) is 3.26. The van der Waals surface area contributed by atoms with Crippen molar-refractivity contribution < 1.29 is 19.1 Å². The standard InChI is InChI=1S/C16H24N4O4/c1-17-14(21)10-20(3)16(23)11-19(2)9-15(22)18-12-6-5-7-13(8-12)24-4/h5-8H,9-11H2,1-4H3,(H,17,21)(H,18,22). The number of hydrogen-bond donors (Lipinski definition) is 2. The van der Waals surface area contributed by atoms with Gasteiger partial charge in [0.1, 0.15) is 5.75 Å². The van der Waals surface area contributed by atoms with E-state index in [0.717, 1.165) is 0 Å². The van der Waals surface area contributed by atoms with E-state index in [9.17, 15) is 14.4 Å². The van der Waals surface area contributed by atoms with Crippen LogP contribution in [0.25, 0.3) is 0 Å². The molecule has 1 aromatic rings. The summed E-state index contributed by atoms with van der Waals surface area (Å²) in [6.45, 7) is 0.0783. The number of ether oxygens (including phenoxy) is 1. The monoisotopic (exact) mass is 336 g/mol. The van der Waals surface area contributed by atoms with E-state index < -0.39 is 0 Å². The predicted octanol–water partition coefficient (Wildman–Crippen LogP) is -0.230. The summed E-state index contributed by atoms with van der Waals surface area (Å²) in [5, 5.41) is 5.19. The molecule has 0 radical (unpaired) electrons. The van der Waals surface area contributed by atoms with Crippen LogP contribution in [0.5, 0.6) is 5.75 Å². The quantitative estimate of drug-likeness (QED) is 0.684. The van der Waals surface area contributed by atoms with Crippen LogP contribution in [-0.2, 0) is 14.4 Å². The molecule has 0 unspecified atom stereocenters. The van der Waals surface area contributed by atoms with Gasteiger partial charge < -0.3 is 20.3 Å². The maximum absolute atomic E-state index is 12.0. The Balaban J connectivity index is 2.45. The molecule has 0 atom stereocenters. The maximum Gasteiger partial charge on any atom is 0.239 e. The molecule has 24 heavy (non-hydrogen) atoms. The van der Waals surface area contributed by atoms with Crippen molar-refractivity contribution in [3.63, 3.8) is 0 Å². The summed E-state index contributed by atoms with van der Waals surface area (Å²) < 4.78 is 5.09. The van der Waals surface area contributed by atoms with Gasteiger partial charge in [0.25, 0.3) is 0 Å². The molecule has 0 saturated carbocycles. The highest BCUT2D eigenvalue weighted by molar-refractivity contribution is 5.93. The Morgan fingerprint density at radius 3 is 2.42 bits per heavy atom. The molecule has 8 heteroatoms. The maximum atomic E-state index is 12.0. The highest BCUT2D eigenvalue weighted by Gasteiger charge is 2.16. The summed E-state index contributed by atoms with van der Waals surface area (Å²) in [5.41, 5.74) is 0.621. The molecule has 1 rings (SSSR count). The van der Waals surface area contributed by atoms with Crippen molar-refractivity contribution in [2.24, 2.45) is 0 Å².